The summed E-state index contributed by atoms with van der Waals surface area (Å²) in [6, 6.07) is 0. The summed E-state index contributed by atoms with van der Waals surface area (Å²) in [7, 11) is 0. The van der Waals surface area contributed by atoms with Crippen molar-refractivity contribution in [3.05, 3.63) is 16.3 Å². The summed E-state index contributed by atoms with van der Waals surface area (Å²) in [5, 5.41) is 6.11. The zero-order valence-corrected chi connectivity index (χ0v) is 13.5. The van der Waals surface area contributed by atoms with Gasteiger partial charge in [0.05, 0.1) is 11.3 Å². The van der Waals surface area contributed by atoms with Crippen molar-refractivity contribution >= 4 is 29.0 Å². The summed E-state index contributed by atoms with van der Waals surface area (Å²) in [6.45, 7) is 10.5. The van der Waals surface area contributed by atoms with Crippen LogP contribution in [0.5, 0.6) is 0 Å². The van der Waals surface area contributed by atoms with Crippen LogP contribution in [0.1, 0.15) is 45.0 Å². The first-order valence-electron chi connectivity index (χ1n) is 6.64. The molecular weight excluding hydrogens is 276 g/mol. The van der Waals surface area contributed by atoms with Crippen LogP contribution < -0.4 is 5.32 Å². The minimum absolute atomic E-state index is 0.0812. The number of nitrogens with zero attached hydrogens (tertiary/aromatic N) is 1. The molecule has 2 amide bonds. The van der Waals surface area contributed by atoms with Gasteiger partial charge >= 0.3 is 6.09 Å². The molecule has 0 aliphatic rings. The van der Waals surface area contributed by atoms with E-state index in [4.69, 9.17) is 4.74 Å². The number of nitrogens with one attached hydrogen (secondary N) is 1. The van der Waals surface area contributed by atoms with E-state index in [0.29, 0.717) is 24.3 Å². The summed E-state index contributed by atoms with van der Waals surface area (Å²) < 4.78 is 5.19. The topological polar surface area (TPSA) is 58.6 Å². The van der Waals surface area contributed by atoms with Gasteiger partial charge in [-0.25, -0.2) is 4.79 Å². The molecule has 1 aromatic rings. The van der Waals surface area contributed by atoms with Crippen LogP contribution in [0.3, 0.4) is 0 Å². The minimum atomic E-state index is -0.566. The van der Waals surface area contributed by atoms with E-state index < -0.39 is 11.7 Å². The summed E-state index contributed by atoms with van der Waals surface area (Å²) in [5.41, 5.74) is 0.439. The SMILES string of the molecule is CCN(CC)C(=O)c1cscc1NC(=O)OC(C)(C)C. The number of rotatable bonds is 4. The van der Waals surface area contributed by atoms with Gasteiger partial charge in [0.2, 0.25) is 0 Å². The van der Waals surface area contributed by atoms with E-state index in [0.717, 1.165) is 0 Å². The third-order valence-corrected chi connectivity index (χ3v) is 3.32. The molecule has 0 spiro atoms. The monoisotopic (exact) mass is 298 g/mol. The second-order valence-corrected chi connectivity index (χ2v) is 6.05. The molecule has 5 nitrogen and oxygen atoms in total. The predicted molar refractivity (Wildman–Crippen MR) is 81.4 cm³/mol. The van der Waals surface area contributed by atoms with Gasteiger partial charge in [-0.15, -0.1) is 11.3 Å². The Bertz CT molecular complexity index is 473. The number of carbonyl (C=O) groups excluding carboxylic acids is 2. The van der Waals surface area contributed by atoms with Crippen LogP contribution in [0.15, 0.2) is 10.8 Å². The maximum absolute atomic E-state index is 12.3. The van der Waals surface area contributed by atoms with Gasteiger partial charge in [-0.2, -0.15) is 0 Å². The molecule has 1 aromatic heterocycles. The normalized spacial score (nSPS) is 11.1. The van der Waals surface area contributed by atoms with E-state index in [-0.39, 0.29) is 5.91 Å². The van der Waals surface area contributed by atoms with Crippen molar-refractivity contribution in [2.24, 2.45) is 0 Å². The van der Waals surface area contributed by atoms with Crippen LogP contribution in [-0.4, -0.2) is 35.6 Å². The highest BCUT2D eigenvalue weighted by atomic mass is 32.1. The Morgan fingerprint density at radius 2 is 1.85 bits per heavy atom. The number of hydrogen-bond acceptors (Lipinski definition) is 4. The largest absolute Gasteiger partial charge is 0.444 e. The molecule has 0 bridgehead atoms. The number of thiophene rings is 1. The average Bonchev–Trinajstić information content (AvgIpc) is 2.75. The molecule has 1 N–H and O–H groups in total. The van der Waals surface area contributed by atoms with Crippen LogP contribution in [-0.2, 0) is 4.74 Å². The van der Waals surface area contributed by atoms with Crippen molar-refractivity contribution in [3.63, 3.8) is 0 Å². The minimum Gasteiger partial charge on any atom is -0.444 e. The second-order valence-electron chi connectivity index (χ2n) is 5.30. The lowest BCUT2D eigenvalue weighted by atomic mass is 10.2. The number of ether oxygens (including phenoxy) is 1. The molecule has 0 fully saturated rings. The van der Waals surface area contributed by atoms with Crippen LogP contribution >= 0.6 is 11.3 Å². The zero-order chi connectivity index (χ0) is 15.3. The van der Waals surface area contributed by atoms with Crippen molar-refractivity contribution in [3.8, 4) is 0 Å². The number of anilines is 1. The first kappa shape index (κ1) is 16.5. The van der Waals surface area contributed by atoms with Gasteiger partial charge in [0.25, 0.3) is 5.91 Å². The molecule has 0 aliphatic heterocycles. The van der Waals surface area contributed by atoms with Gasteiger partial charge in [-0.3, -0.25) is 10.1 Å². The Hall–Kier alpha value is -1.56. The highest BCUT2D eigenvalue weighted by Crippen LogP contribution is 2.23. The number of hydrogen-bond donors (Lipinski definition) is 1. The Labute approximate surface area is 123 Å². The summed E-state index contributed by atoms with van der Waals surface area (Å²) in [6.07, 6.45) is -0.551. The van der Waals surface area contributed by atoms with Crippen molar-refractivity contribution in [2.45, 2.75) is 40.2 Å². The van der Waals surface area contributed by atoms with Crippen LogP contribution in [0.2, 0.25) is 0 Å². The Morgan fingerprint density at radius 1 is 1.25 bits per heavy atom. The molecule has 0 saturated heterocycles. The smallest absolute Gasteiger partial charge is 0.412 e. The lowest BCUT2D eigenvalue weighted by Crippen LogP contribution is -2.31. The molecular formula is C14H22N2O3S. The van der Waals surface area contributed by atoms with Crippen LogP contribution in [0.25, 0.3) is 0 Å². The van der Waals surface area contributed by atoms with Gasteiger partial charge in [0, 0.05) is 23.8 Å². The summed E-state index contributed by atoms with van der Waals surface area (Å²) in [5.74, 6) is -0.0812. The van der Waals surface area contributed by atoms with Gasteiger partial charge < -0.3 is 9.64 Å². The van der Waals surface area contributed by atoms with Gasteiger partial charge in [-0.1, -0.05) is 0 Å². The lowest BCUT2D eigenvalue weighted by molar-refractivity contribution is 0.0636. The fraction of sp³-hybridized carbons (Fsp3) is 0.571. The fourth-order valence-corrected chi connectivity index (χ4v) is 2.41. The van der Waals surface area contributed by atoms with Crippen LogP contribution in [0, 0.1) is 0 Å². The van der Waals surface area contributed by atoms with Crippen molar-refractivity contribution in [2.75, 3.05) is 18.4 Å². The van der Waals surface area contributed by atoms with Gasteiger partial charge in [-0.05, 0) is 34.6 Å². The van der Waals surface area contributed by atoms with Crippen molar-refractivity contribution in [1.29, 1.82) is 0 Å². The van der Waals surface area contributed by atoms with Crippen LogP contribution in [0.4, 0.5) is 10.5 Å². The van der Waals surface area contributed by atoms with Crippen molar-refractivity contribution < 1.29 is 14.3 Å². The number of carbonyl (C=O) groups is 2. The predicted octanol–water partition coefficient (Wildman–Crippen LogP) is 3.58. The average molecular weight is 298 g/mol. The molecule has 0 saturated carbocycles. The van der Waals surface area contributed by atoms with E-state index >= 15 is 0 Å². The third-order valence-electron chi connectivity index (χ3n) is 2.58. The maximum Gasteiger partial charge on any atom is 0.412 e. The number of amides is 2. The van der Waals surface area contributed by atoms with E-state index in [2.05, 4.69) is 5.32 Å². The molecule has 1 rings (SSSR count). The first-order valence-corrected chi connectivity index (χ1v) is 7.58. The van der Waals surface area contributed by atoms with E-state index in [1.54, 1.807) is 36.4 Å². The van der Waals surface area contributed by atoms with E-state index in [1.807, 2.05) is 13.8 Å². The zero-order valence-electron chi connectivity index (χ0n) is 12.6. The molecule has 0 radical (unpaired) electrons. The van der Waals surface area contributed by atoms with E-state index in [9.17, 15) is 9.59 Å². The lowest BCUT2D eigenvalue weighted by Gasteiger charge is -2.21. The Balaban J connectivity index is 2.82. The molecule has 112 valence electrons. The van der Waals surface area contributed by atoms with Gasteiger partial charge in [0.15, 0.2) is 0 Å². The maximum atomic E-state index is 12.3. The second kappa shape index (κ2) is 6.74. The third kappa shape index (κ3) is 4.52. The standard InChI is InChI=1S/C14H22N2O3S/c1-6-16(7-2)12(17)10-8-20-9-11(10)15-13(18)19-14(3,4)5/h8-9H,6-7H2,1-5H3,(H,15,18). The molecule has 0 aromatic carbocycles. The molecule has 1 heterocycles. The molecule has 20 heavy (non-hydrogen) atoms. The quantitative estimate of drug-likeness (QED) is 0.924. The molecule has 0 aliphatic carbocycles. The highest BCUT2D eigenvalue weighted by Gasteiger charge is 2.21. The highest BCUT2D eigenvalue weighted by molar-refractivity contribution is 7.08. The molecule has 6 heteroatoms. The van der Waals surface area contributed by atoms with Crippen molar-refractivity contribution in [1.82, 2.24) is 4.90 Å². The Morgan fingerprint density at radius 3 is 2.35 bits per heavy atom. The summed E-state index contributed by atoms with van der Waals surface area (Å²) in [4.78, 5) is 25.8. The molecule has 0 unspecified atom stereocenters. The molecule has 0 atom stereocenters. The summed E-state index contributed by atoms with van der Waals surface area (Å²) >= 11 is 1.38. The fourth-order valence-electron chi connectivity index (χ4n) is 1.65. The van der Waals surface area contributed by atoms with Gasteiger partial charge in [0.1, 0.15) is 5.60 Å². The van der Waals surface area contributed by atoms with E-state index in [1.165, 1.54) is 11.3 Å². The first-order chi connectivity index (χ1) is 9.28. The Kier molecular flexibility index (Phi) is 5.56.